The van der Waals surface area contributed by atoms with Crippen molar-refractivity contribution in [2.75, 3.05) is 18.0 Å². The number of aldehydes is 1. The lowest BCUT2D eigenvalue weighted by Gasteiger charge is -2.21. The Labute approximate surface area is 159 Å². The molecule has 0 saturated carbocycles. The van der Waals surface area contributed by atoms with Gasteiger partial charge in [-0.05, 0) is 26.0 Å². The van der Waals surface area contributed by atoms with Gasteiger partial charge in [0.15, 0.2) is 6.29 Å². The van der Waals surface area contributed by atoms with Crippen LogP contribution in [0.2, 0.25) is 0 Å². The lowest BCUT2D eigenvalue weighted by Crippen LogP contribution is -2.22. The summed E-state index contributed by atoms with van der Waals surface area (Å²) in [5.74, 6) is -1.09. The van der Waals surface area contributed by atoms with E-state index in [1.807, 2.05) is 18.7 Å². The summed E-state index contributed by atoms with van der Waals surface area (Å²) >= 11 is 0. The number of esters is 1. The van der Waals surface area contributed by atoms with Crippen LogP contribution in [0.25, 0.3) is 0 Å². The van der Waals surface area contributed by atoms with Gasteiger partial charge in [0.05, 0.1) is 27.0 Å². The van der Waals surface area contributed by atoms with E-state index < -0.39 is 27.2 Å². The number of nitro groups is 2. The molecule has 28 heavy (non-hydrogen) atoms. The van der Waals surface area contributed by atoms with E-state index in [-0.39, 0.29) is 16.9 Å². The summed E-state index contributed by atoms with van der Waals surface area (Å²) in [6.07, 6.45) is 0.504. The second-order valence-corrected chi connectivity index (χ2v) is 5.65. The molecule has 2 aromatic rings. The van der Waals surface area contributed by atoms with Crippen LogP contribution in [-0.4, -0.2) is 35.2 Å². The first-order valence-corrected chi connectivity index (χ1v) is 8.30. The van der Waals surface area contributed by atoms with Crippen molar-refractivity contribution < 1.29 is 24.2 Å². The molecule has 0 heterocycles. The Kier molecular flexibility index (Phi) is 6.38. The highest BCUT2D eigenvalue weighted by Gasteiger charge is 2.22. The first kappa shape index (κ1) is 20.5. The SMILES string of the molecule is CCN(CC)c1ccc(C=O)c(OC(=O)c2cc([N+](=O)[O-])cc([N+](=O)[O-])c2)c1. The third-order valence-corrected chi connectivity index (χ3v) is 4.02. The number of hydrogen-bond acceptors (Lipinski definition) is 8. The smallest absolute Gasteiger partial charge is 0.344 e. The molecule has 0 saturated heterocycles. The molecular formula is C18H17N3O7. The van der Waals surface area contributed by atoms with E-state index >= 15 is 0 Å². The molecule has 0 N–H and O–H groups in total. The van der Waals surface area contributed by atoms with Gasteiger partial charge in [0.2, 0.25) is 0 Å². The van der Waals surface area contributed by atoms with Crippen molar-refractivity contribution in [1.82, 2.24) is 0 Å². The molecule has 0 spiro atoms. The molecule has 10 nitrogen and oxygen atoms in total. The molecule has 0 unspecified atom stereocenters. The summed E-state index contributed by atoms with van der Waals surface area (Å²) in [5.41, 5.74) is -0.791. The summed E-state index contributed by atoms with van der Waals surface area (Å²) < 4.78 is 5.23. The molecule has 0 aromatic heterocycles. The number of non-ortho nitro benzene ring substituents is 2. The maximum absolute atomic E-state index is 12.5. The minimum absolute atomic E-state index is 0.0430. The number of carbonyl (C=O) groups excluding carboxylic acids is 2. The van der Waals surface area contributed by atoms with E-state index in [1.165, 1.54) is 12.1 Å². The quantitative estimate of drug-likeness (QED) is 0.221. The van der Waals surface area contributed by atoms with Crippen LogP contribution in [0.1, 0.15) is 34.6 Å². The van der Waals surface area contributed by atoms with Gasteiger partial charge in [0, 0.05) is 37.0 Å². The van der Waals surface area contributed by atoms with Gasteiger partial charge in [-0.2, -0.15) is 0 Å². The number of rotatable bonds is 8. The number of anilines is 1. The number of nitro benzene ring substituents is 2. The molecule has 0 aliphatic rings. The minimum Gasteiger partial charge on any atom is -0.422 e. The topological polar surface area (TPSA) is 133 Å². The van der Waals surface area contributed by atoms with Crippen molar-refractivity contribution in [3.05, 3.63) is 67.8 Å². The van der Waals surface area contributed by atoms with Crippen molar-refractivity contribution >= 4 is 29.3 Å². The Bertz CT molecular complexity index is 907. The van der Waals surface area contributed by atoms with E-state index in [9.17, 15) is 29.8 Å². The summed E-state index contributed by atoms with van der Waals surface area (Å²) in [6.45, 7) is 5.24. The zero-order valence-corrected chi connectivity index (χ0v) is 15.2. The molecule has 0 bridgehead atoms. The fraction of sp³-hybridized carbons (Fsp3) is 0.222. The van der Waals surface area contributed by atoms with E-state index in [0.29, 0.717) is 25.1 Å². The second-order valence-electron chi connectivity index (χ2n) is 5.65. The molecule has 0 fully saturated rings. The number of benzene rings is 2. The van der Waals surface area contributed by atoms with Crippen LogP contribution in [-0.2, 0) is 0 Å². The highest BCUT2D eigenvalue weighted by molar-refractivity contribution is 5.94. The standard InChI is InChI=1S/C18H17N3O7/c1-3-19(4-2)14-6-5-12(11-22)17(10-14)28-18(23)13-7-15(20(24)25)9-16(8-13)21(26)27/h5-11H,3-4H2,1-2H3. The third-order valence-electron chi connectivity index (χ3n) is 4.02. The minimum atomic E-state index is -1.05. The van der Waals surface area contributed by atoms with Gasteiger partial charge in [-0.25, -0.2) is 4.79 Å². The van der Waals surface area contributed by atoms with Crippen LogP contribution in [0, 0.1) is 20.2 Å². The van der Waals surface area contributed by atoms with Crippen molar-refractivity contribution in [2.45, 2.75) is 13.8 Å². The lowest BCUT2D eigenvalue weighted by atomic mass is 10.1. The van der Waals surface area contributed by atoms with Gasteiger partial charge < -0.3 is 9.64 Å². The summed E-state index contributed by atoms with van der Waals surface area (Å²) in [6, 6.07) is 7.19. The van der Waals surface area contributed by atoms with E-state index in [4.69, 9.17) is 4.74 Å². The lowest BCUT2D eigenvalue weighted by molar-refractivity contribution is -0.394. The van der Waals surface area contributed by atoms with E-state index in [1.54, 1.807) is 6.07 Å². The molecular weight excluding hydrogens is 370 g/mol. The Balaban J connectivity index is 2.44. The van der Waals surface area contributed by atoms with Crippen LogP contribution in [0.3, 0.4) is 0 Å². The predicted octanol–water partition coefficient (Wildman–Crippen LogP) is 3.38. The van der Waals surface area contributed by atoms with Crippen molar-refractivity contribution in [3.63, 3.8) is 0 Å². The van der Waals surface area contributed by atoms with Crippen LogP contribution in [0.4, 0.5) is 17.1 Å². The summed E-state index contributed by atoms with van der Waals surface area (Å²) in [7, 11) is 0. The van der Waals surface area contributed by atoms with Crippen LogP contribution in [0.15, 0.2) is 36.4 Å². The highest BCUT2D eigenvalue weighted by Crippen LogP contribution is 2.27. The molecule has 146 valence electrons. The first-order chi connectivity index (χ1) is 13.3. The maximum Gasteiger partial charge on any atom is 0.344 e. The van der Waals surface area contributed by atoms with Gasteiger partial charge in [-0.15, -0.1) is 0 Å². The zero-order chi connectivity index (χ0) is 20.8. The van der Waals surface area contributed by atoms with Crippen LogP contribution < -0.4 is 9.64 Å². The Morgan fingerprint density at radius 2 is 1.61 bits per heavy atom. The predicted molar refractivity (Wildman–Crippen MR) is 100 cm³/mol. The number of carbonyl (C=O) groups is 2. The van der Waals surface area contributed by atoms with Crippen molar-refractivity contribution in [1.29, 1.82) is 0 Å². The highest BCUT2D eigenvalue weighted by atomic mass is 16.6. The van der Waals surface area contributed by atoms with Crippen LogP contribution in [0.5, 0.6) is 5.75 Å². The normalized spacial score (nSPS) is 10.2. The van der Waals surface area contributed by atoms with Gasteiger partial charge >= 0.3 is 5.97 Å². The molecule has 0 amide bonds. The average Bonchev–Trinajstić information content (AvgIpc) is 2.68. The molecule has 2 rings (SSSR count). The Morgan fingerprint density at radius 1 is 1.04 bits per heavy atom. The van der Waals surface area contributed by atoms with Gasteiger partial charge in [0.1, 0.15) is 5.75 Å². The summed E-state index contributed by atoms with van der Waals surface area (Å²) in [5, 5.41) is 21.9. The molecule has 0 aliphatic heterocycles. The third kappa shape index (κ3) is 4.47. The Morgan fingerprint density at radius 3 is 2.07 bits per heavy atom. The van der Waals surface area contributed by atoms with Gasteiger partial charge in [-0.1, -0.05) is 0 Å². The average molecular weight is 387 g/mol. The maximum atomic E-state index is 12.5. The number of nitrogens with zero attached hydrogens (tertiary/aromatic N) is 3. The molecule has 2 aromatic carbocycles. The number of hydrogen-bond donors (Lipinski definition) is 0. The molecule has 0 radical (unpaired) electrons. The van der Waals surface area contributed by atoms with Crippen molar-refractivity contribution in [2.24, 2.45) is 0 Å². The van der Waals surface area contributed by atoms with E-state index in [0.717, 1.165) is 18.2 Å². The number of ether oxygens (including phenoxy) is 1. The molecule has 0 atom stereocenters. The Hall–Kier alpha value is -3.82. The van der Waals surface area contributed by atoms with E-state index in [2.05, 4.69) is 0 Å². The van der Waals surface area contributed by atoms with Crippen molar-refractivity contribution in [3.8, 4) is 5.75 Å². The van der Waals surface area contributed by atoms with Crippen LogP contribution >= 0.6 is 0 Å². The monoisotopic (exact) mass is 387 g/mol. The molecule has 10 heteroatoms. The van der Waals surface area contributed by atoms with Gasteiger partial charge in [-0.3, -0.25) is 25.0 Å². The van der Waals surface area contributed by atoms with Gasteiger partial charge in [0.25, 0.3) is 11.4 Å². The largest absolute Gasteiger partial charge is 0.422 e. The second kappa shape index (κ2) is 8.71. The summed E-state index contributed by atoms with van der Waals surface area (Å²) in [4.78, 5) is 45.9. The first-order valence-electron chi connectivity index (χ1n) is 8.30. The fourth-order valence-electron chi connectivity index (χ4n) is 2.58. The molecule has 0 aliphatic carbocycles. The fourth-order valence-corrected chi connectivity index (χ4v) is 2.58. The zero-order valence-electron chi connectivity index (χ0n) is 15.2.